The van der Waals surface area contributed by atoms with Crippen molar-refractivity contribution in [3.63, 3.8) is 0 Å². The smallest absolute Gasteiger partial charge is 0.317 e. The van der Waals surface area contributed by atoms with Crippen LogP contribution in [0, 0.1) is 0 Å². The topological polar surface area (TPSA) is 35.6 Å². The number of hydrogen-bond acceptors (Lipinski definition) is 2. The number of nitrogens with one attached hydrogen (secondary N) is 1. The number of carbonyl (C=O) groups excluding carboxylic acids is 1. The Kier molecular flexibility index (Phi) is 6.29. The lowest BCUT2D eigenvalue weighted by molar-refractivity contribution is 0.135. The minimum absolute atomic E-state index is 0.0368. The van der Waals surface area contributed by atoms with Gasteiger partial charge in [0.25, 0.3) is 0 Å². The van der Waals surface area contributed by atoms with Crippen LogP contribution >= 0.6 is 0 Å². The predicted molar refractivity (Wildman–Crippen MR) is 106 cm³/mol. The Bertz CT molecular complexity index is 689. The van der Waals surface area contributed by atoms with E-state index < -0.39 is 0 Å². The largest absolute Gasteiger partial charge is 0.334 e. The van der Waals surface area contributed by atoms with Crippen LogP contribution in [-0.4, -0.2) is 42.0 Å². The molecular formula is C22H29N3O. The molecule has 0 aromatic heterocycles. The third kappa shape index (κ3) is 5.09. The highest BCUT2D eigenvalue weighted by Gasteiger charge is 2.20. The maximum absolute atomic E-state index is 12.3. The van der Waals surface area contributed by atoms with Crippen molar-refractivity contribution in [2.75, 3.05) is 26.2 Å². The molecule has 1 N–H and O–H groups in total. The second-order valence-electron chi connectivity index (χ2n) is 7.30. The Morgan fingerprint density at radius 2 is 1.58 bits per heavy atom. The highest BCUT2D eigenvalue weighted by atomic mass is 16.2. The number of carbonyl (C=O) groups is 1. The van der Waals surface area contributed by atoms with E-state index in [0.29, 0.717) is 12.5 Å². The van der Waals surface area contributed by atoms with Gasteiger partial charge in [0, 0.05) is 39.3 Å². The second-order valence-corrected chi connectivity index (χ2v) is 7.30. The van der Waals surface area contributed by atoms with Crippen LogP contribution in [0.15, 0.2) is 54.6 Å². The van der Waals surface area contributed by atoms with Gasteiger partial charge >= 0.3 is 6.03 Å². The van der Waals surface area contributed by atoms with Gasteiger partial charge in [0.15, 0.2) is 0 Å². The molecule has 0 bridgehead atoms. The lowest BCUT2D eigenvalue weighted by Crippen LogP contribution is -2.51. The SMILES string of the molecule is CC(C)c1ccc(CN2CCN(C(=O)NCc3ccccc3)CC2)cc1. The summed E-state index contributed by atoms with van der Waals surface area (Å²) in [6.45, 7) is 9.39. The quantitative estimate of drug-likeness (QED) is 0.888. The third-order valence-electron chi connectivity index (χ3n) is 5.00. The molecule has 0 atom stereocenters. The van der Waals surface area contributed by atoms with Gasteiger partial charge in [-0.25, -0.2) is 4.79 Å². The average Bonchev–Trinajstić information content (AvgIpc) is 2.68. The molecule has 2 aromatic carbocycles. The van der Waals surface area contributed by atoms with Gasteiger partial charge in [0.2, 0.25) is 0 Å². The fourth-order valence-corrected chi connectivity index (χ4v) is 3.26. The normalized spacial score (nSPS) is 15.3. The van der Waals surface area contributed by atoms with Crippen molar-refractivity contribution in [2.45, 2.75) is 32.9 Å². The van der Waals surface area contributed by atoms with Gasteiger partial charge in [0.1, 0.15) is 0 Å². The van der Waals surface area contributed by atoms with Gasteiger partial charge in [-0.15, -0.1) is 0 Å². The van der Waals surface area contributed by atoms with E-state index in [9.17, 15) is 4.79 Å². The summed E-state index contributed by atoms with van der Waals surface area (Å²) in [6.07, 6.45) is 0. The number of hydrogen-bond donors (Lipinski definition) is 1. The maximum Gasteiger partial charge on any atom is 0.317 e. The Morgan fingerprint density at radius 3 is 2.19 bits per heavy atom. The van der Waals surface area contributed by atoms with Crippen LogP contribution in [-0.2, 0) is 13.1 Å². The van der Waals surface area contributed by atoms with Crippen molar-refractivity contribution in [1.82, 2.24) is 15.1 Å². The van der Waals surface area contributed by atoms with Gasteiger partial charge in [0.05, 0.1) is 0 Å². The van der Waals surface area contributed by atoms with Gasteiger partial charge in [-0.1, -0.05) is 68.4 Å². The van der Waals surface area contributed by atoms with Crippen molar-refractivity contribution in [1.29, 1.82) is 0 Å². The Labute approximate surface area is 156 Å². The molecular weight excluding hydrogens is 322 g/mol. The molecule has 1 aliphatic rings. The van der Waals surface area contributed by atoms with Crippen LogP contribution in [0.5, 0.6) is 0 Å². The highest BCUT2D eigenvalue weighted by molar-refractivity contribution is 5.74. The average molecular weight is 351 g/mol. The standard InChI is InChI=1S/C22H29N3O/c1-18(2)21-10-8-20(9-11-21)17-24-12-14-25(15-13-24)22(26)23-16-19-6-4-3-5-7-19/h3-11,18H,12-17H2,1-2H3,(H,23,26). The molecule has 0 spiro atoms. The van der Waals surface area contributed by atoms with Gasteiger partial charge < -0.3 is 10.2 Å². The van der Waals surface area contributed by atoms with E-state index in [1.54, 1.807) is 0 Å². The maximum atomic E-state index is 12.3. The summed E-state index contributed by atoms with van der Waals surface area (Å²) in [4.78, 5) is 16.7. The summed E-state index contributed by atoms with van der Waals surface area (Å²) in [5.74, 6) is 0.571. The van der Waals surface area contributed by atoms with Crippen molar-refractivity contribution in [2.24, 2.45) is 0 Å². The molecule has 26 heavy (non-hydrogen) atoms. The van der Waals surface area contributed by atoms with Crippen LogP contribution in [0.25, 0.3) is 0 Å². The lowest BCUT2D eigenvalue weighted by Gasteiger charge is -2.34. The van der Waals surface area contributed by atoms with Crippen LogP contribution in [0.4, 0.5) is 4.79 Å². The molecule has 138 valence electrons. The number of urea groups is 1. The third-order valence-corrected chi connectivity index (χ3v) is 5.00. The molecule has 1 heterocycles. The molecule has 2 aromatic rings. The molecule has 4 nitrogen and oxygen atoms in total. The number of benzene rings is 2. The lowest BCUT2D eigenvalue weighted by atomic mass is 10.0. The van der Waals surface area contributed by atoms with E-state index in [1.807, 2.05) is 35.2 Å². The van der Waals surface area contributed by atoms with E-state index in [4.69, 9.17) is 0 Å². The molecule has 1 fully saturated rings. The van der Waals surface area contributed by atoms with Gasteiger partial charge in [-0.05, 0) is 22.6 Å². The predicted octanol–water partition coefficient (Wildman–Crippen LogP) is 3.84. The van der Waals surface area contributed by atoms with Crippen LogP contribution < -0.4 is 5.32 Å². The zero-order valence-electron chi connectivity index (χ0n) is 15.8. The van der Waals surface area contributed by atoms with Gasteiger partial charge in [-0.3, -0.25) is 4.90 Å². The Balaban J connectivity index is 1.42. The van der Waals surface area contributed by atoms with E-state index in [2.05, 4.69) is 48.3 Å². The number of nitrogens with zero attached hydrogens (tertiary/aromatic N) is 2. The summed E-state index contributed by atoms with van der Waals surface area (Å²) < 4.78 is 0. The van der Waals surface area contributed by atoms with Crippen LogP contribution in [0.1, 0.15) is 36.5 Å². The van der Waals surface area contributed by atoms with E-state index in [0.717, 1.165) is 38.3 Å². The first-order chi connectivity index (χ1) is 12.6. The minimum atomic E-state index is 0.0368. The summed E-state index contributed by atoms with van der Waals surface area (Å²) in [5.41, 5.74) is 3.86. The number of rotatable bonds is 5. The fraction of sp³-hybridized carbons (Fsp3) is 0.409. The van der Waals surface area contributed by atoms with Crippen LogP contribution in [0.2, 0.25) is 0 Å². The number of amides is 2. The zero-order chi connectivity index (χ0) is 18.4. The van der Waals surface area contributed by atoms with Crippen LogP contribution in [0.3, 0.4) is 0 Å². The van der Waals surface area contributed by atoms with E-state index in [-0.39, 0.29) is 6.03 Å². The van der Waals surface area contributed by atoms with E-state index in [1.165, 1.54) is 11.1 Å². The first kappa shape index (κ1) is 18.5. The first-order valence-corrected chi connectivity index (χ1v) is 9.49. The zero-order valence-corrected chi connectivity index (χ0v) is 15.8. The number of piperazine rings is 1. The molecule has 2 amide bonds. The monoisotopic (exact) mass is 351 g/mol. The molecule has 3 rings (SSSR count). The summed E-state index contributed by atoms with van der Waals surface area (Å²) in [5, 5.41) is 3.02. The minimum Gasteiger partial charge on any atom is -0.334 e. The molecule has 0 radical (unpaired) electrons. The molecule has 1 aliphatic heterocycles. The highest BCUT2D eigenvalue weighted by Crippen LogP contribution is 2.16. The summed E-state index contributed by atoms with van der Waals surface area (Å²) >= 11 is 0. The van der Waals surface area contributed by atoms with E-state index >= 15 is 0 Å². The molecule has 0 aliphatic carbocycles. The van der Waals surface area contributed by atoms with Crippen molar-refractivity contribution >= 4 is 6.03 Å². The summed E-state index contributed by atoms with van der Waals surface area (Å²) in [7, 11) is 0. The molecule has 4 heteroatoms. The van der Waals surface area contributed by atoms with Crippen molar-refractivity contribution in [3.05, 3.63) is 71.3 Å². The molecule has 1 saturated heterocycles. The molecule has 0 unspecified atom stereocenters. The van der Waals surface area contributed by atoms with Gasteiger partial charge in [-0.2, -0.15) is 0 Å². The fourth-order valence-electron chi connectivity index (χ4n) is 3.26. The Morgan fingerprint density at radius 1 is 0.923 bits per heavy atom. The van der Waals surface area contributed by atoms with Crippen molar-refractivity contribution < 1.29 is 4.79 Å². The summed E-state index contributed by atoms with van der Waals surface area (Å²) in [6, 6.07) is 19.0. The Hall–Kier alpha value is -2.33. The second kappa shape index (κ2) is 8.86. The van der Waals surface area contributed by atoms with Crippen molar-refractivity contribution in [3.8, 4) is 0 Å². The first-order valence-electron chi connectivity index (χ1n) is 9.49. The molecule has 0 saturated carbocycles.